The highest BCUT2D eigenvalue weighted by atomic mass is 16.6. The van der Waals surface area contributed by atoms with E-state index < -0.39 is 36.5 Å². The third kappa shape index (κ3) is 2.61. The molecular formula is C12H15N3O6. The standard InChI is InChI=1S/C12H15N3O6/c1-6(16)18-5-9-10(20-7(2)17)11-12(21-9)15-8(4-19-11)3-13-14-15/h3,9-12H,4-5H2,1-2H3/t9-,10+,11+,12+/m1/s1. The molecule has 0 spiro atoms. The van der Waals surface area contributed by atoms with Gasteiger partial charge in [-0.1, -0.05) is 5.21 Å². The average molecular weight is 297 g/mol. The predicted octanol–water partition coefficient (Wildman–Crippen LogP) is -0.431. The molecule has 0 unspecified atom stereocenters. The summed E-state index contributed by atoms with van der Waals surface area (Å²) in [6, 6.07) is 0. The molecule has 9 nitrogen and oxygen atoms in total. The quantitative estimate of drug-likeness (QED) is 0.692. The molecule has 0 radical (unpaired) electrons. The Morgan fingerprint density at radius 2 is 2.24 bits per heavy atom. The van der Waals surface area contributed by atoms with Crippen LogP contribution in [0.2, 0.25) is 0 Å². The van der Waals surface area contributed by atoms with E-state index in [1.54, 1.807) is 10.9 Å². The summed E-state index contributed by atoms with van der Waals surface area (Å²) in [5.41, 5.74) is 0.769. The second kappa shape index (κ2) is 5.41. The Labute approximate surface area is 120 Å². The first-order valence-corrected chi connectivity index (χ1v) is 6.53. The van der Waals surface area contributed by atoms with Crippen molar-refractivity contribution < 1.29 is 28.5 Å². The van der Waals surface area contributed by atoms with Gasteiger partial charge in [0, 0.05) is 13.8 Å². The topological polar surface area (TPSA) is 102 Å². The molecule has 0 bridgehead atoms. The maximum atomic E-state index is 11.3. The number of hydrogen-bond acceptors (Lipinski definition) is 8. The minimum Gasteiger partial charge on any atom is -0.463 e. The van der Waals surface area contributed by atoms with Crippen molar-refractivity contribution in [2.45, 2.75) is 45.0 Å². The van der Waals surface area contributed by atoms with Gasteiger partial charge in [0.1, 0.15) is 18.8 Å². The number of carbonyl (C=O) groups excluding carboxylic acids is 2. The summed E-state index contributed by atoms with van der Waals surface area (Å²) in [7, 11) is 0. The molecule has 114 valence electrons. The van der Waals surface area contributed by atoms with Gasteiger partial charge in [0.25, 0.3) is 0 Å². The molecule has 4 atom stereocenters. The normalized spacial score (nSPS) is 30.4. The fourth-order valence-corrected chi connectivity index (χ4v) is 2.51. The first-order valence-electron chi connectivity index (χ1n) is 6.53. The van der Waals surface area contributed by atoms with Crippen molar-refractivity contribution in [1.29, 1.82) is 0 Å². The van der Waals surface area contributed by atoms with Gasteiger partial charge in [-0.05, 0) is 0 Å². The summed E-state index contributed by atoms with van der Waals surface area (Å²) in [5, 5.41) is 7.77. The summed E-state index contributed by atoms with van der Waals surface area (Å²) >= 11 is 0. The van der Waals surface area contributed by atoms with Crippen LogP contribution in [0.15, 0.2) is 6.20 Å². The predicted molar refractivity (Wildman–Crippen MR) is 64.7 cm³/mol. The maximum absolute atomic E-state index is 11.3. The van der Waals surface area contributed by atoms with E-state index in [-0.39, 0.29) is 6.61 Å². The highest BCUT2D eigenvalue weighted by Crippen LogP contribution is 2.37. The van der Waals surface area contributed by atoms with Gasteiger partial charge in [0.05, 0.1) is 18.5 Å². The number of aromatic nitrogens is 3. The van der Waals surface area contributed by atoms with Crippen molar-refractivity contribution in [2.75, 3.05) is 6.61 Å². The van der Waals surface area contributed by atoms with E-state index in [4.69, 9.17) is 18.9 Å². The van der Waals surface area contributed by atoms with Gasteiger partial charge >= 0.3 is 11.9 Å². The zero-order valence-electron chi connectivity index (χ0n) is 11.6. The molecule has 1 aromatic heterocycles. The maximum Gasteiger partial charge on any atom is 0.303 e. The van der Waals surface area contributed by atoms with E-state index >= 15 is 0 Å². The Morgan fingerprint density at radius 3 is 2.95 bits per heavy atom. The number of carbonyl (C=O) groups is 2. The van der Waals surface area contributed by atoms with Crippen molar-refractivity contribution in [3.63, 3.8) is 0 Å². The SMILES string of the molecule is CC(=O)OC[C@H]1O[C@H]2[C@@H](OCc3cnnn32)[C@H]1OC(C)=O. The first-order chi connectivity index (χ1) is 10.1. The van der Waals surface area contributed by atoms with E-state index in [0.29, 0.717) is 6.61 Å². The summed E-state index contributed by atoms with van der Waals surface area (Å²) in [4.78, 5) is 22.2. The molecule has 0 aromatic carbocycles. The van der Waals surface area contributed by atoms with Crippen LogP contribution in [-0.2, 0) is 35.1 Å². The second-order valence-corrected chi connectivity index (χ2v) is 4.89. The molecular weight excluding hydrogens is 282 g/mol. The summed E-state index contributed by atoms with van der Waals surface area (Å²) in [6.45, 7) is 2.89. The molecule has 21 heavy (non-hydrogen) atoms. The minimum atomic E-state index is -0.663. The molecule has 3 heterocycles. The molecule has 0 saturated carbocycles. The van der Waals surface area contributed by atoms with Crippen LogP contribution in [0.1, 0.15) is 25.8 Å². The monoisotopic (exact) mass is 297 g/mol. The lowest BCUT2D eigenvalue weighted by Crippen LogP contribution is -2.41. The van der Waals surface area contributed by atoms with Crippen LogP contribution in [0, 0.1) is 0 Å². The molecule has 3 rings (SSSR count). The van der Waals surface area contributed by atoms with Crippen LogP contribution in [0.3, 0.4) is 0 Å². The van der Waals surface area contributed by atoms with E-state index in [9.17, 15) is 9.59 Å². The molecule has 1 saturated heterocycles. The molecule has 0 N–H and O–H groups in total. The Hall–Kier alpha value is -2.00. The van der Waals surface area contributed by atoms with Crippen LogP contribution in [0.5, 0.6) is 0 Å². The number of hydrogen-bond donors (Lipinski definition) is 0. The molecule has 1 fully saturated rings. The van der Waals surface area contributed by atoms with Gasteiger partial charge in [-0.3, -0.25) is 9.59 Å². The lowest BCUT2D eigenvalue weighted by Gasteiger charge is -2.27. The van der Waals surface area contributed by atoms with Crippen molar-refractivity contribution in [3.05, 3.63) is 11.9 Å². The molecule has 0 amide bonds. The summed E-state index contributed by atoms with van der Waals surface area (Å²) < 4.78 is 23.3. The summed E-state index contributed by atoms with van der Waals surface area (Å²) in [5.74, 6) is -0.887. The van der Waals surface area contributed by atoms with Gasteiger partial charge in [-0.2, -0.15) is 0 Å². The van der Waals surface area contributed by atoms with Gasteiger partial charge in [0.15, 0.2) is 12.3 Å². The van der Waals surface area contributed by atoms with Crippen LogP contribution < -0.4 is 0 Å². The smallest absolute Gasteiger partial charge is 0.303 e. The highest BCUT2D eigenvalue weighted by molar-refractivity contribution is 5.66. The molecule has 1 aromatic rings. The lowest BCUT2D eigenvalue weighted by molar-refractivity contribution is -0.159. The number of nitrogens with zero attached hydrogens (tertiary/aromatic N) is 3. The average Bonchev–Trinajstić information content (AvgIpc) is 3.00. The molecule has 9 heteroatoms. The minimum absolute atomic E-state index is 0.0202. The first kappa shape index (κ1) is 14.0. The Kier molecular flexibility index (Phi) is 3.60. The van der Waals surface area contributed by atoms with E-state index in [1.165, 1.54) is 13.8 Å². The number of rotatable bonds is 3. The van der Waals surface area contributed by atoms with Crippen molar-refractivity contribution in [2.24, 2.45) is 0 Å². The Morgan fingerprint density at radius 1 is 1.43 bits per heavy atom. The van der Waals surface area contributed by atoms with Gasteiger partial charge in [-0.25, -0.2) is 4.68 Å². The van der Waals surface area contributed by atoms with Crippen LogP contribution in [0.25, 0.3) is 0 Å². The van der Waals surface area contributed by atoms with E-state index in [2.05, 4.69) is 10.3 Å². The van der Waals surface area contributed by atoms with E-state index in [1.807, 2.05) is 0 Å². The molecule has 2 aliphatic heterocycles. The van der Waals surface area contributed by atoms with Crippen LogP contribution >= 0.6 is 0 Å². The Bertz CT molecular complexity index is 559. The van der Waals surface area contributed by atoms with Crippen molar-refractivity contribution in [1.82, 2.24) is 15.0 Å². The van der Waals surface area contributed by atoms with Crippen LogP contribution in [-0.4, -0.2) is 51.9 Å². The van der Waals surface area contributed by atoms with Gasteiger partial charge in [-0.15, -0.1) is 5.10 Å². The number of fused-ring (bicyclic) bond motifs is 3. The highest BCUT2D eigenvalue weighted by Gasteiger charge is 2.51. The van der Waals surface area contributed by atoms with E-state index in [0.717, 1.165) is 5.69 Å². The Balaban J connectivity index is 1.81. The van der Waals surface area contributed by atoms with Gasteiger partial charge in [0.2, 0.25) is 0 Å². The number of ether oxygens (including phenoxy) is 4. The lowest BCUT2D eigenvalue weighted by atomic mass is 10.1. The van der Waals surface area contributed by atoms with Gasteiger partial charge < -0.3 is 18.9 Å². The molecule has 2 aliphatic rings. The van der Waals surface area contributed by atoms with Crippen molar-refractivity contribution in [3.8, 4) is 0 Å². The zero-order valence-corrected chi connectivity index (χ0v) is 11.6. The fraction of sp³-hybridized carbons (Fsp3) is 0.667. The molecule has 0 aliphatic carbocycles. The van der Waals surface area contributed by atoms with Crippen molar-refractivity contribution >= 4 is 11.9 Å². The third-order valence-corrected chi connectivity index (χ3v) is 3.35. The largest absolute Gasteiger partial charge is 0.463 e. The van der Waals surface area contributed by atoms with Crippen LogP contribution in [0.4, 0.5) is 0 Å². The third-order valence-electron chi connectivity index (χ3n) is 3.35. The second-order valence-electron chi connectivity index (χ2n) is 4.89. The summed E-state index contributed by atoms with van der Waals surface area (Å²) in [6.07, 6.45) is -0.753. The zero-order chi connectivity index (χ0) is 15.0. The fourth-order valence-electron chi connectivity index (χ4n) is 2.51. The number of esters is 2.